The first kappa shape index (κ1) is 34.7. The molecule has 1 aromatic heterocycles. The first-order chi connectivity index (χ1) is 23.0. The summed E-state index contributed by atoms with van der Waals surface area (Å²) < 4.78 is 4.74. The van der Waals surface area contributed by atoms with E-state index in [-0.39, 0.29) is 41.6 Å². The van der Waals surface area contributed by atoms with Crippen LogP contribution in [0.3, 0.4) is 0 Å². The Morgan fingerprint density at radius 1 is 0.896 bits per heavy atom. The zero-order valence-corrected chi connectivity index (χ0v) is 28.6. The molecule has 5 rings (SSSR count). The summed E-state index contributed by atoms with van der Waals surface area (Å²) in [6.45, 7) is 9.49. The zero-order chi connectivity index (χ0) is 34.4. The van der Waals surface area contributed by atoms with Crippen LogP contribution in [0.15, 0.2) is 54.7 Å². The van der Waals surface area contributed by atoms with Crippen LogP contribution in [0.2, 0.25) is 0 Å². The lowest BCUT2D eigenvalue weighted by Crippen LogP contribution is -2.51. The summed E-state index contributed by atoms with van der Waals surface area (Å²) >= 11 is 0. The number of alkyl carbamates (subject to hydrolysis) is 1. The lowest BCUT2D eigenvalue weighted by Gasteiger charge is -2.30. The molecule has 2 saturated heterocycles. The normalized spacial score (nSPS) is 18.3. The number of hydrogen-bond acceptors (Lipinski definition) is 6. The number of aromatic amines is 1. The van der Waals surface area contributed by atoms with E-state index in [1.54, 1.807) is 16.0 Å². The van der Waals surface area contributed by atoms with Crippen molar-refractivity contribution in [2.75, 3.05) is 20.2 Å². The van der Waals surface area contributed by atoms with Crippen molar-refractivity contribution in [3.8, 4) is 22.4 Å². The van der Waals surface area contributed by atoms with Crippen molar-refractivity contribution in [2.45, 2.75) is 84.5 Å². The number of imidazole rings is 1. The van der Waals surface area contributed by atoms with Gasteiger partial charge in [-0.15, -0.1) is 0 Å². The summed E-state index contributed by atoms with van der Waals surface area (Å²) in [6.07, 6.45) is 4.85. The number of H-pyrrole nitrogens is 1. The van der Waals surface area contributed by atoms with Crippen molar-refractivity contribution >= 4 is 23.8 Å². The Kier molecular flexibility index (Phi) is 11.2. The van der Waals surface area contributed by atoms with Crippen molar-refractivity contribution in [3.63, 3.8) is 0 Å². The molecule has 256 valence electrons. The highest BCUT2D eigenvalue weighted by Gasteiger charge is 2.37. The van der Waals surface area contributed by atoms with Crippen LogP contribution in [0.1, 0.15) is 77.2 Å². The highest BCUT2D eigenvalue weighted by atomic mass is 16.5. The molecular formula is C37H48N6O5. The summed E-state index contributed by atoms with van der Waals surface area (Å²) in [6, 6.07) is 15.1. The van der Waals surface area contributed by atoms with E-state index in [0.29, 0.717) is 32.5 Å². The second-order valence-electron chi connectivity index (χ2n) is 13.6. The third-order valence-electron chi connectivity index (χ3n) is 9.25. The van der Waals surface area contributed by atoms with Crippen molar-refractivity contribution in [2.24, 2.45) is 11.8 Å². The molecule has 0 radical (unpaired) electrons. The average Bonchev–Trinajstić information content (AvgIpc) is 3.87. The maximum Gasteiger partial charge on any atom is 0.407 e. The number of aromatic nitrogens is 2. The smallest absolute Gasteiger partial charge is 0.407 e. The van der Waals surface area contributed by atoms with Gasteiger partial charge in [-0.05, 0) is 59.8 Å². The first-order valence-corrected chi connectivity index (χ1v) is 17.0. The molecule has 2 aliphatic heterocycles. The van der Waals surface area contributed by atoms with Crippen LogP contribution in [-0.4, -0.2) is 75.9 Å². The number of hydrogen-bond donors (Lipinski definition) is 3. The van der Waals surface area contributed by atoms with E-state index in [2.05, 4.69) is 32.7 Å². The van der Waals surface area contributed by atoms with Crippen LogP contribution >= 0.6 is 0 Å². The Bertz CT molecular complexity index is 1580. The van der Waals surface area contributed by atoms with Crippen molar-refractivity contribution in [1.29, 1.82) is 0 Å². The average molecular weight is 657 g/mol. The fourth-order valence-electron chi connectivity index (χ4n) is 6.61. The highest BCUT2D eigenvalue weighted by Crippen LogP contribution is 2.33. The monoisotopic (exact) mass is 656 g/mol. The Labute approximate surface area is 282 Å². The second-order valence-corrected chi connectivity index (χ2v) is 13.6. The molecule has 11 heteroatoms. The van der Waals surface area contributed by atoms with Gasteiger partial charge in [-0.1, -0.05) is 76.2 Å². The number of likely N-dealkylation sites (tertiary alicyclic amines) is 2. The minimum Gasteiger partial charge on any atom is -0.453 e. The number of carbonyl (C=O) groups is 4. The second kappa shape index (κ2) is 15.5. The molecule has 2 aromatic carbocycles. The minimum absolute atomic E-state index is 0.0598. The van der Waals surface area contributed by atoms with Gasteiger partial charge in [0.2, 0.25) is 17.7 Å². The van der Waals surface area contributed by atoms with Gasteiger partial charge in [0.05, 0.1) is 25.0 Å². The van der Waals surface area contributed by atoms with Crippen LogP contribution in [-0.2, 0) is 25.7 Å². The van der Waals surface area contributed by atoms with Crippen molar-refractivity contribution in [1.82, 2.24) is 30.4 Å². The molecule has 11 nitrogen and oxygen atoms in total. The zero-order valence-electron chi connectivity index (χ0n) is 28.6. The summed E-state index contributed by atoms with van der Waals surface area (Å²) in [7, 11) is 1.29. The number of nitrogens with one attached hydrogen (secondary N) is 3. The number of ether oxygens (including phenoxy) is 1. The quantitative estimate of drug-likeness (QED) is 0.252. The predicted octanol–water partition coefficient (Wildman–Crippen LogP) is 5.44. The lowest BCUT2D eigenvalue weighted by molar-refractivity contribution is -0.139. The van der Waals surface area contributed by atoms with Gasteiger partial charge >= 0.3 is 6.09 Å². The summed E-state index contributed by atoms with van der Waals surface area (Å²) in [5, 5.41) is 5.72. The molecule has 0 bridgehead atoms. The van der Waals surface area contributed by atoms with Gasteiger partial charge in [0, 0.05) is 26.1 Å². The van der Waals surface area contributed by atoms with E-state index >= 15 is 0 Å². The van der Waals surface area contributed by atoms with Crippen LogP contribution in [0.4, 0.5) is 4.79 Å². The topological polar surface area (TPSA) is 137 Å². The van der Waals surface area contributed by atoms with E-state index in [9.17, 15) is 19.2 Å². The molecule has 0 saturated carbocycles. The fourth-order valence-corrected chi connectivity index (χ4v) is 6.61. The third-order valence-corrected chi connectivity index (χ3v) is 9.25. The summed E-state index contributed by atoms with van der Waals surface area (Å²) in [4.78, 5) is 62.5. The highest BCUT2D eigenvalue weighted by molar-refractivity contribution is 5.88. The van der Waals surface area contributed by atoms with Gasteiger partial charge in [-0.3, -0.25) is 14.4 Å². The summed E-state index contributed by atoms with van der Waals surface area (Å²) in [5.74, 6) is 0.734. The van der Waals surface area contributed by atoms with Crippen LogP contribution in [0.25, 0.3) is 22.4 Å². The molecule has 0 aliphatic carbocycles. The molecule has 4 amide bonds. The van der Waals surface area contributed by atoms with Gasteiger partial charge in [0.15, 0.2) is 0 Å². The van der Waals surface area contributed by atoms with Gasteiger partial charge in [-0.2, -0.15) is 0 Å². The van der Waals surface area contributed by atoms with Crippen molar-refractivity contribution in [3.05, 3.63) is 66.1 Å². The maximum atomic E-state index is 13.5. The number of methoxy groups -OCH3 is 1. The number of carbonyl (C=O) groups excluding carboxylic acids is 4. The van der Waals surface area contributed by atoms with E-state index in [1.807, 2.05) is 64.1 Å². The van der Waals surface area contributed by atoms with Crippen LogP contribution < -0.4 is 10.6 Å². The van der Waals surface area contributed by atoms with Gasteiger partial charge < -0.3 is 30.2 Å². The molecule has 0 unspecified atom stereocenters. The molecule has 3 atom stereocenters. The van der Waals surface area contributed by atoms with E-state index < -0.39 is 12.1 Å². The van der Waals surface area contributed by atoms with E-state index in [4.69, 9.17) is 4.74 Å². The Balaban J connectivity index is 1.18. The van der Waals surface area contributed by atoms with E-state index in [0.717, 1.165) is 53.0 Å². The van der Waals surface area contributed by atoms with Crippen LogP contribution in [0, 0.1) is 11.8 Å². The minimum atomic E-state index is -0.679. The van der Waals surface area contributed by atoms with Gasteiger partial charge in [-0.25, -0.2) is 9.78 Å². The maximum absolute atomic E-state index is 13.5. The number of amides is 4. The summed E-state index contributed by atoms with van der Waals surface area (Å²) in [5.41, 5.74) is 4.95. The fraction of sp³-hybridized carbons (Fsp3) is 0.486. The predicted molar refractivity (Wildman–Crippen MR) is 183 cm³/mol. The molecule has 2 fully saturated rings. The van der Waals surface area contributed by atoms with Crippen LogP contribution in [0.5, 0.6) is 0 Å². The molecule has 3 N–H and O–H groups in total. The third kappa shape index (κ3) is 8.06. The van der Waals surface area contributed by atoms with Crippen molar-refractivity contribution < 1.29 is 23.9 Å². The Morgan fingerprint density at radius 2 is 1.52 bits per heavy atom. The molecule has 48 heavy (non-hydrogen) atoms. The van der Waals surface area contributed by atoms with Gasteiger partial charge in [0.25, 0.3) is 0 Å². The molecule has 3 heterocycles. The Morgan fingerprint density at radius 3 is 2.17 bits per heavy atom. The lowest BCUT2D eigenvalue weighted by atomic mass is 10.0. The molecule has 2 aliphatic rings. The standard InChI is InChI=1S/C37H48N6O5/c1-23(2)20-32(44)42-18-7-9-31(42)35(45)39-21-25-10-12-26(13-11-25)27-14-16-28(17-15-27)29-22-38-34(40-29)30-8-6-19-43(30)36(46)33(24(3)4)41-37(47)48-5/h10-17,22-24,30-31,33H,6-9,18-21H2,1-5H3,(H,38,40)(H,39,45)(H,41,47)/t30-,31-,33-/m0/s1. The molecule has 0 spiro atoms. The molecule has 3 aromatic rings. The Hall–Kier alpha value is -4.67. The van der Waals surface area contributed by atoms with E-state index in [1.165, 1.54) is 7.11 Å². The largest absolute Gasteiger partial charge is 0.453 e. The van der Waals surface area contributed by atoms with Gasteiger partial charge in [0.1, 0.15) is 17.9 Å². The number of nitrogens with zero attached hydrogens (tertiary/aromatic N) is 3. The number of rotatable bonds is 11. The first-order valence-electron chi connectivity index (χ1n) is 17.0. The SMILES string of the molecule is COC(=O)N[C@H](C(=O)N1CCC[C@H]1c1ncc(-c2ccc(-c3ccc(CNC(=O)[C@@H]4CCCN4C(=O)CC(C)C)cc3)cc2)[nH]1)C(C)C. The number of benzene rings is 2. The molecular weight excluding hydrogens is 608 g/mol.